The Kier molecular flexibility index (Phi) is 2.86. The van der Waals surface area contributed by atoms with Crippen LogP contribution in [0.3, 0.4) is 0 Å². The van der Waals surface area contributed by atoms with Gasteiger partial charge in [-0.1, -0.05) is 6.92 Å². The predicted octanol–water partition coefficient (Wildman–Crippen LogP) is 2.24. The lowest BCUT2D eigenvalue weighted by atomic mass is 10.1. The van der Waals surface area contributed by atoms with E-state index in [9.17, 15) is 0 Å². The molecule has 2 atom stereocenters. The van der Waals surface area contributed by atoms with Crippen LogP contribution in [0.15, 0.2) is 5.38 Å². The smallest absolute Gasteiger partial charge is 0.185 e. The van der Waals surface area contributed by atoms with Crippen LogP contribution in [0.5, 0.6) is 0 Å². The number of hydrogen-bond donors (Lipinski definition) is 1. The maximum Gasteiger partial charge on any atom is 0.185 e. The molecule has 1 aliphatic heterocycles. The lowest BCUT2D eigenvalue weighted by Crippen LogP contribution is -2.31. The van der Waals surface area contributed by atoms with Crippen LogP contribution in [-0.2, 0) is 6.54 Å². The Balaban J connectivity index is 1.68. The summed E-state index contributed by atoms with van der Waals surface area (Å²) in [4.78, 5) is 7.27. The molecule has 1 aromatic heterocycles. The number of fused-ring (bicyclic) bond motifs is 2. The number of piperidine rings is 1. The van der Waals surface area contributed by atoms with Crippen molar-refractivity contribution in [2.24, 2.45) is 5.92 Å². The first-order chi connectivity index (χ1) is 7.86. The summed E-state index contributed by atoms with van der Waals surface area (Å²) >= 11 is 1.81. The Bertz CT molecular complexity index is 363. The maximum absolute atomic E-state index is 4.73. The van der Waals surface area contributed by atoms with Crippen LogP contribution in [0.1, 0.15) is 31.9 Å². The van der Waals surface area contributed by atoms with Crippen molar-refractivity contribution in [3.05, 3.63) is 11.1 Å². The Labute approximate surface area is 101 Å². The number of thiazole rings is 1. The highest BCUT2D eigenvalue weighted by molar-refractivity contribution is 7.13. The fourth-order valence-corrected chi connectivity index (χ4v) is 3.83. The minimum atomic E-state index is 0.795. The minimum absolute atomic E-state index is 0.795. The van der Waals surface area contributed by atoms with E-state index < -0.39 is 0 Å². The van der Waals surface area contributed by atoms with Gasteiger partial charge in [-0.25, -0.2) is 4.98 Å². The van der Waals surface area contributed by atoms with Gasteiger partial charge in [0, 0.05) is 24.5 Å². The van der Waals surface area contributed by atoms with Gasteiger partial charge in [0.1, 0.15) is 0 Å². The Hall–Kier alpha value is -0.610. The molecule has 4 heteroatoms. The van der Waals surface area contributed by atoms with Gasteiger partial charge >= 0.3 is 0 Å². The van der Waals surface area contributed by atoms with Gasteiger partial charge in [0.05, 0.1) is 5.69 Å². The quantitative estimate of drug-likeness (QED) is 0.870. The molecule has 0 radical (unpaired) electrons. The summed E-state index contributed by atoms with van der Waals surface area (Å²) in [5.74, 6) is 0.950. The minimum Gasteiger partial charge on any atom is -0.345 e. The van der Waals surface area contributed by atoms with Crippen molar-refractivity contribution >= 4 is 16.5 Å². The summed E-state index contributed by atoms with van der Waals surface area (Å²) in [5, 5.41) is 6.78. The molecule has 3 nitrogen and oxygen atoms in total. The normalized spacial score (nSPS) is 27.9. The molecule has 2 bridgehead atoms. The second-order valence-corrected chi connectivity index (χ2v) is 5.72. The zero-order chi connectivity index (χ0) is 11.0. The highest BCUT2D eigenvalue weighted by Gasteiger charge is 2.38. The van der Waals surface area contributed by atoms with E-state index in [2.05, 4.69) is 22.5 Å². The highest BCUT2D eigenvalue weighted by atomic mass is 32.1. The molecule has 0 spiro atoms. The zero-order valence-electron chi connectivity index (χ0n) is 9.78. The van der Waals surface area contributed by atoms with E-state index >= 15 is 0 Å². The summed E-state index contributed by atoms with van der Waals surface area (Å²) in [5.41, 5.74) is 1.20. The number of anilines is 1. The van der Waals surface area contributed by atoms with Crippen molar-refractivity contribution < 1.29 is 0 Å². The Morgan fingerprint density at radius 3 is 3.19 bits per heavy atom. The highest BCUT2D eigenvalue weighted by Crippen LogP contribution is 2.40. The van der Waals surface area contributed by atoms with Crippen LogP contribution >= 0.6 is 11.3 Å². The van der Waals surface area contributed by atoms with Gasteiger partial charge in [0.25, 0.3) is 0 Å². The summed E-state index contributed by atoms with van der Waals surface area (Å²) < 4.78 is 0. The van der Waals surface area contributed by atoms with Crippen molar-refractivity contribution in [2.75, 3.05) is 18.0 Å². The summed E-state index contributed by atoms with van der Waals surface area (Å²) in [6, 6.07) is 0.795. The fourth-order valence-electron chi connectivity index (χ4n) is 2.92. The van der Waals surface area contributed by atoms with E-state index in [1.807, 2.05) is 11.3 Å². The van der Waals surface area contributed by atoms with Crippen molar-refractivity contribution in [2.45, 2.75) is 38.8 Å². The van der Waals surface area contributed by atoms with Gasteiger partial charge in [0.15, 0.2) is 5.13 Å². The zero-order valence-corrected chi connectivity index (χ0v) is 10.6. The molecule has 1 aliphatic carbocycles. The van der Waals surface area contributed by atoms with E-state index in [0.717, 1.165) is 25.0 Å². The molecule has 1 saturated carbocycles. The second kappa shape index (κ2) is 4.34. The third kappa shape index (κ3) is 1.84. The monoisotopic (exact) mass is 237 g/mol. The molecule has 0 amide bonds. The van der Waals surface area contributed by atoms with Gasteiger partial charge in [-0.3, -0.25) is 0 Å². The average Bonchev–Trinajstić information content (AvgIpc) is 3.01. The Morgan fingerprint density at radius 2 is 2.50 bits per heavy atom. The molecule has 1 aromatic rings. The van der Waals surface area contributed by atoms with Gasteiger partial charge in [-0.2, -0.15) is 0 Å². The van der Waals surface area contributed by atoms with Gasteiger partial charge in [-0.05, 0) is 31.7 Å². The van der Waals surface area contributed by atoms with E-state index in [1.165, 1.54) is 36.6 Å². The molecular formula is C12H19N3S. The second-order valence-electron chi connectivity index (χ2n) is 4.89. The molecule has 1 saturated heterocycles. The van der Waals surface area contributed by atoms with Crippen LogP contribution in [0.4, 0.5) is 5.13 Å². The van der Waals surface area contributed by atoms with Crippen molar-refractivity contribution in [3.8, 4) is 0 Å². The van der Waals surface area contributed by atoms with Crippen molar-refractivity contribution in [3.63, 3.8) is 0 Å². The number of aromatic nitrogens is 1. The third-order valence-corrected chi connectivity index (χ3v) is 4.68. The standard InChI is InChI=1S/C12H19N3S/c1-2-13-6-10-8-16-12(14-10)15-7-9-3-4-11(15)5-9/h8-9,11,13H,2-7H2,1H3. The lowest BCUT2D eigenvalue weighted by Gasteiger charge is -2.26. The SMILES string of the molecule is CCNCc1csc(N2CC3CCC2C3)n1. The Morgan fingerprint density at radius 1 is 1.56 bits per heavy atom. The molecule has 2 heterocycles. The summed E-state index contributed by atoms with van der Waals surface area (Å²) in [6.07, 6.45) is 4.23. The topological polar surface area (TPSA) is 28.2 Å². The molecule has 3 rings (SSSR count). The van der Waals surface area contributed by atoms with Crippen LogP contribution in [0.2, 0.25) is 0 Å². The van der Waals surface area contributed by atoms with Gasteiger partial charge < -0.3 is 10.2 Å². The third-order valence-electron chi connectivity index (χ3n) is 3.75. The predicted molar refractivity (Wildman–Crippen MR) is 68.0 cm³/mol. The van der Waals surface area contributed by atoms with Crippen molar-refractivity contribution in [1.82, 2.24) is 10.3 Å². The average molecular weight is 237 g/mol. The van der Waals surface area contributed by atoms with E-state index in [0.29, 0.717) is 0 Å². The molecule has 2 aliphatic rings. The fraction of sp³-hybridized carbons (Fsp3) is 0.750. The van der Waals surface area contributed by atoms with Crippen LogP contribution < -0.4 is 10.2 Å². The number of nitrogens with zero attached hydrogens (tertiary/aromatic N) is 2. The van der Waals surface area contributed by atoms with Crippen LogP contribution in [0, 0.1) is 5.92 Å². The molecule has 2 fully saturated rings. The molecule has 2 unspecified atom stereocenters. The first-order valence-electron chi connectivity index (χ1n) is 6.28. The first-order valence-corrected chi connectivity index (χ1v) is 7.16. The summed E-state index contributed by atoms with van der Waals surface area (Å²) in [7, 11) is 0. The number of nitrogens with one attached hydrogen (secondary N) is 1. The molecular weight excluding hydrogens is 218 g/mol. The molecule has 16 heavy (non-hydrogen) atoms. The maximum atomic E-state index is 4.73. The molecule has 1 N–H and O–H groups in total. The van der Waals surface area contributed by atoms with Crippen LogP contribution in [0.25, 0.3) is 0 Å². The van der Waals surface area contributed by atoms with Gasteiger partial charge in [-0.15, -0.1) is 11.3 Å². The lowest BCUT2D eigenvalue weighted by molar-refractivity contribution is 0.552. The van der Waals surface area contributed by atoms with Crippen molar-refractivity contribution in [1.29, 1.82) is 0 Å². The van der Waals surface area contributed by atoms with Gasteiger partial charge in [0.2, 0.25) is 0 Å². The molecule has 88 valence electrons. The first kappa shape index (κ1) is 10.5. The van der Waals surface area contributed by atoms with E-state index in [1.54, 1.807) is 0 Å². The van der Waals surface area contributed by atoms with Crippen LogP contribution in [-0.4, -0.2) is 24.1 Å². The molecule has 0 aromatic carbocycles. The number of hydrogen-bond acceptors (Lipinski definition) is 4. The number of rotatable bonds is 4. The largest absolute Gasteiger partial charge is 0.345 e. The van der Waals surface area contributed by atoms with E-state index in [-0.39, 0.29) is 0 Å². The summed E-state index contributed by atoms with van der Waals surface area (Å²) in [6.45, 7) is 5.31. The van der Waals surface area contributed by atoms with E-state index in [4.69, 9.17) is 4.98 Å².